The zero-order valence-corrected chi connectivity index (χ0v) is 11.2. The maximum atomic E-state index is 12.8. The summed E-state index contributed by atoms with van der Waals surface area (Å²) >= 11 is 1.22. The molecule has 1 heterocycles. The highest BCUT2D eigenvalue weighted by molar-refractivity contribution is 7.99. The average Bonchev–Trinajstić information content (AvgIpc) is 2.86. The van der Waals surface area contributed by atoms with Crippen LogP contribution in [0.25, 0.3) is 11.3 Å². The summed E-state index contributed by atoms with van der Waals surface area (Å²) in [5.41, 5.74) is 0.749. The van der Waals surface area contributed by atoms with Gasteiger partial charge in [-0.2, -0.15) is 0 Å². The molecule has 1 aromatic heterocycles. The number of thioether (sulfide) groups is 1. The van der Waals surface area contributed by atoms with Crippen molar-refractivity contribution in [1.82, 2.24) is 10.3 Å². The minimum absolute atomic E-state index is 0.0611. The normalized spacial score (nSPS) is 10.4. The number of hydrogen-bond acceptors (Lipinski definition) is 4. The molecule has 0 fully saturated rings. The first-order chi connectivity index (χ1) is 9.19. The van der Waals surface area contributed by atoms with Gasteiger partial charge < -0.3 is 9.73 Å². The van der Waals surface area contributed by atoms with Crippen LogP contribution in [0.3, 0.4) is 0 Å². The van der Waals surface area contributed by atoms with Crippen LogP contribution in [0.2, 0.25) is 0 Å². The van der Waals surface area contributed by atoms with Gasteiger partial charge in [-0.15, -0.1) is 0 Å². The Bertz CT molecular complexity index is 554. The third kappa shape index (κ3) is 3.82. The maximum Gasteiger partial charge on any atom is 0.256 e. The van der Waals surface area contributed by atoms with Gasteiger partial charge in [0.05, 0.1) is 11.9 Å². The highest BCUT2D eigenvalue weighted by Crippen LogP contribution is 2.25. The first-order valence-corrected chi connectivity index (χ1v) is 6.79. The van der Waals surface area contributed by atoms with Gasteiger partial charge in [0.2, 0.25) is 5.91 Å². The van der Waals surface area contributed by atoms with E-state index in [1.165, 1.54) is 23.9 Å². The number of halogens is 1. The third-order valence-corrected chi connectivity index (χ3v) is 3.16. The van der Waals surface area contributed by atoms with Gasteiger partial charge in [-0.3, -0.25) is 4.79 Å². The predicted octanol–water partition coefficient (Wildman–Crippen LogP) is 2.71. The van der Waals surface area contributed by atoms with E-state index < -0.39 is 0 Å². The first kappa shape index (κ1) is 13.6. The van der Waals surface area contributed by atoms with E-state index in [0.29, 0.717) is 17.5 Å². The number of nitrogens with one attached hydrogen (secondary N) is 1. The van der Waals surface area contributed by atoms with Crippen LogP contribution in [0.4, 0.5) is 4.39 Å². The Morgan fingerprint density at radius 1 is 1.42 bits per heavy atom. The Kier molecular flexibility index (Phi) is 4.57. The van der Waals surface area contributed by atoms with Crippen molar-refractivity contribution in [2.45, 2.75) is 12.1 Å². The number of carbonyl (C=O) groups excluding carboxylic acids is 1. The van der Waals surface area contributed by atoms with Gasteiger partial charge in [-0.05, 0) is 31.2 Å². The van der Waals surface area contributed by atoms with Crippen LogP contribution >= 0.6 is 11.8 Å². The second-order valence-corrected chi connectivity index (χ2v) is 4.67. The summed E-state index contributed by atoms with van der Waals surface area (Å²) in [4.78, 5) is 15.4. The smallest absolute Gasteiger partial charge is 0.256 e. The van der Waals surface area contributed by atoms with Crippen molar-refractivity contribution in [2.24, 2.45) is 0 Å². The predicted molar refractivity (Wildman–Crippen MR) is 71.3 cm³/mol. The molecule has 2 rings (SSSR count). The third-order valence-electron chi connectivity index (χ3n) is 2.31. The lowest BCUT2D eigenvalue weighted by molar-refractivity contribution is -0.118. The average molecular weight is 280 g/mol. The maximum absolute atomic E-state index is 12.8. The fourth-order valence-electron chi connectivity index (χ4n) is 1.45. The van der Waals surface area contributed by atoms with Gasteiger partial charge in [0.1, 0.15) is 5.82 Å². The van der Waals surface area contributed by atoms with Crippen molar-refractivity contribution in [2.75, 3.05) is 12.3 Å². The van der Waals surface area contributed by atoms with Gasteiger partial charge in [-0.25, -0.2) is 9.37 Å². The number of oxazole rings is 1. The largest absolute Gasteiger partial charge is 0.431 e. The van der Waals surface area contributed by atoms with Crippen molar-refractivity contribution in [3.05, 3.63) is 36.3 Å². The molecule has 0 spiro atoms. The van der Waals surface area contributed by atoms with Crippen molar-refractivity contribution >= 4 is 17.7 Å². The van der Waals surface area contributed by atoms with Gasteiger partial charge >= 0.3 is 0 Å². The SMILES string of the molecule is CCNC(=O)CSc1ncc(-c2ccc(F)cc2)o1. The van der Waals surface area contributed by atoms with Gasteiger partial charge in [0.25, 0.3) is 5.22 Å². The summed E-state index contributed by atoms with van der Waals surface area (Å²) in [5.74, 6) is 0.457. The number of benzene rings is 1. The van der Waals surface area contributed by atoms with Crippen LogP contribution in [0.1, 0.15) is 6.92 Å². The van der Waals surface area contributed by atoms with Crippen LogP contribution in [0, 0.1) is 5.82 Å². The quantitative estimate of drug-likeness (QED) is 0.856. The number of rotatable bonds is 5. The van der Waals surface area contributed by atoms with Crippen LogP contribution in [0.15, 0.2) is 40.1 Å². The number of amides is 1. The Morgan fingerprint density at radius 3 is 2.84 bits per heavy atom. The summed E-state index contributed by atoms with van der Waals surface area (Å²) < 4.78 is 18.3. The molecule has 1 amide bonds. The minimum atomic E-state index is -0.297. The van der Waals surface area contributed by atoms with Crippen LogP contribution in [0.5, 0.6) is 0 Å². The van der Waals surface area contributed by atoms with E-state index >= 15 is 0 Å². The fraction of sp³-hybridized carbons (Fsp3) is 0.231. The first-order valence-electron chi connectivity index (χ1n) is 5.80. The second-order valence-electron chi connectivity index (χ2n) is 3.74. The molecule has 6 heteroatoms. The summed E-state index contributed by atoms with van der Waals surface area (Å²) in [5, 5.41) is 3.11. The van der Waals surface area contributed by atoms with Crippen molar-refractivity contribution < 1.29 is 13.6 Å². The minimum Gasteiger partial charge on any atom is -0.431 e. The molecule has 2 aromatic rings. The van der Waals surface area contributed by atoms with E-state index in [9.17, 15) is 9.18 Å². The molecule has 4 nitrogen and oxygen atoms in total. The molecular formula is C13H13FN2O2S. The summed E-state index contributed by atoms with van der Waals surface area (Å²) in [6, 6.07) is 5.96. The lowest BCUT2D eigenvalue weighted by atomic mass is 10.2. The number of carbonyl (C=O) groups is 1. The Hall–Kier alpha value is -1.82. The summed E-state index contributed by atoms with van der Waals surface area (Å²) in [6.07, 6.45) is 1.56. The van der Waals surface area contributed by atoms with E-state index in [1.807, 2.05) is 6.92 Å². The molecule has 100 valence electrons. The molecule has 0 aliphatic rings. The Labute approximate surface area is 114 Å². The molecule has 0 aliphatic carbocycles. The molecular weight excluding hydrogens is 267 g/mol. The molecule has 0 saturated carbocycles. The summed E-state index contributed by atoms with van der Waals surface area (Å²) in [7, 11) is 0. The molecule has 0 unspecified atom stereocenters. The monoisotopic (exact) mass is 280 g/mol. The number of aromatic nitrogens is 1. The zero-order valence-electron chi connectivity index (χ0n) is 10.4. The highest BCUT2D eigenvalue weighted by atomic mass is 32.2. The fourth-order valence-corrected chi connectivity index (χ4v) is 2.08. The van der Waals surface area contributed by atoms with Gasteiger partial charge in [0, 0.05) is 12.1 Å². The highest BCUT2D eigenvalue weighted by Gasteiger charge is 2.09. The number of nitrogens with zero attached hydrogens (tertiary/aromatic N) is 1. The molecule has 1 N–H and O–H groups in total. The van der Waals surface area contributed by atoms with E-state index in [-0.39, 0.29) is 17.5 Å². The lowest BCUT2D eigenvalue weighted by Gasteiger charge is -1.99. The van der Waals surface area contributed by atoms with E-state index in [1.54, 1.807) is 18.3 Å². The second kappa shape index (κ2) is 6.38. The topological polar surface area (TPSA) is 55.1 Å². The number of hydrogen-bond donors (Lipinski definition) is 1. The van der Waals surface area contributed by atoms with Crippen LogP contribution < -0.4 is 5.32 Å². The standard InChI is InChI=1S/C13H13FN2O2S/c1-2-15-12(17)8-19-13-16-7-11(18-13)9-3-5-10(14)6-4-9/h3-7H,2,8H2,1H3,(H,15,17). The zero-order chi connectivity index (χ0) is 13.7. The molecule has 0 radical (unpaired) electrons. The molecule has 0 atom stereocenters. The lowest BCUT2D eigenvalue weighted by Crippen LogP contribution is -2.24. The Morgan fingerprint density at radius 2 is 2.16 bits per heavy atom. The van der Waals surface area contributed by atoms with Crippen molar-refractivity contribution in [3.63, 3.8) is 0 Å². The Balaban J connectivity index is 1.99. The molecule has 0 bridgehead atoms. The van der Waals surface area contributed by atoms with E-state index in [4.69, 9.17) is 4.42 Å². The summed E-state index contributed by atoms with van der Waals surface area (Å²) in [6.45, 7) is 2.46. The van der Waals surface area contributed by atoms with Crippen molar-refractivity contribution in [3.8, 4) is 11.3 Å². The molecule has 1 aromatic carbocycles. The molecule has 0 saturated heterocycles. The molecule has 0 aliphatic heterocycles. The van der Waals surface area contributed by atoms with Crippen LogP contribution in [-0.2, 0) is 4.79 Å². The van der Waals surface area contributed by atoms with Crippen LogP contribution in [-0.4, -0.2) is 23.2 Å². The van der Waals surface area contributed by atoms with Crippen molar-refractivity contribution in [1.29, 1.82) is 0 Å². The van der Waals surface area contributed by atoms with E-state index in [2.05, 4.69) is 10.3 Å². The van der Waals surface area contributed by atoms with Gasteiger partial charge in [0.15, 0.2) is 5.76 Å². The molecule has 19 heavy (non-hydrogen) atoms. The van der Waals surface area contributed by atoms with Gasteiger partial charge in [-0.1, -0.05) is 11.8 Å². The van der Waals surface area contributed by atoms with E-state index in [0.717, 1.165) is 5.56 Å².